The number of fused-ring (bicyclic) bond motifs is 4. The standard InChI is InChI=1S/C19H23FN2OS/c1-11-14(20)5-4-13-10-15(24-16(11)13)18(23)21-17-12-6-8-22(9-7-12)19(17,2)3/h4-5,10,12,17H,6-9H2,1-3H3,(H,21,23)/t17-/m0/s1. The van der Waals surface area contributed by atoms with Crippen molar-refractivity contribution in [2.75, 3.05) is 13.1 Å². The van der Waals surface area contributed by atoms with Crippen LogP contribution in [0.25, 0.3) is 10.1 Å². The maximum atomic E-state index is 13.7. The second kappa shape index (κ2) is 5.53. The Morgan fingerprint density at radius 3 is 2.71 bits per heavy atom. The van der Waals surface area contributed by atoms with Crippen molar-refractivity contribution in [3.8, 4) is 0 Å². The SMILES string of the molecule is Cc1c(F)ccc2cc(C(=O)N[C@H]3C4CCN(CC4)C3(C)C)sc12. The molecule has 128 valence electrons. The average molecular weight is 346 g/mol. The van der Waals surface area contributed by atoms with Crippen LogP contribution in [0, 0.1) is 18.7 Å². The molecule has 2 aromatic rings. The van der Waals surface area contributed by atoms with E-state index in [2.05, 4.69) is 24.1 Å². The van der Waals surface area contributed by atoms with Crippen LogP contribution in [0.2, 0.25) is 0 Å². The number of thiophene rings is 1. The fraction of sp³-hybridized carbons (Fsp3) is 0.526. The lowest BCUT2D eigenvalue weighted by atomic mass is 9.72. The molecule has 3 nitrogen and oxygen atoms in total. The highest BCUT2D eigenvalue weighted by Gasteiger charge is 2.48. The molecule has 3 saturated heterocycles. The number of carbonyl (C=O) groups is 1. The molecule has 0 unspecified atom stereocenters. The molecule has 3 fully saturated rings. The van der Waals surface area contributed by atoms with Crippen molar-refractivity contribution in [2.45, 2.75) is 45.2 Å². The Labute approximate surface area is 145 Å². The van der Waals surface area contributed by atoms with Crippen LogP contribution in [0.15, 0.2) is 18.2 Å². The molecular weight excluding hydrogens is 323 g/mol. The van der Waals surface area contributed by atoms with Crippen molar-refractivity contribution in [2.24, 2.45) is 5.92 Å². The van der Waals surface area contributed by atoms with Gasteiger partial charge in [0, 0.05) is 21.8 Å². The molecule has 0 spiro atoms. The number of hydrogen-bond acceptors (Lipinski definition) is 3. The van der Waals surface area contributed by atoms with Gasteiger partial charge in [0.15, 0.2) is 0 Å². The molecule has 0 aliphatic carbocycles. The van der Waals surface area contributed by atoms with Gasteiger partial charge in [-0.05, 0) is 70.1 Å². The van der Waals surface area contributed by atoms with Crippen molar-refractivity contribution in [1.29, 1.82) is 0 Å². The summed E-state index contributed by atoms with van der Waals surface area (Å²) in [6.45, 7) is 8.49. The molecule has 5 rings (SSSR count). The number of piperidine rings is 3. The van der Waals surface area contributed by atoms with Crippen LogP contribution < -0.4 is 5.32 Å². The first kappa shape index (κ1) is 16.0. The van der Waals surface area contributed by atoms with Gasteiger partial charge in [0.25, 0.3) is 5.91 Å². The number of hydrogen-bond donors (Lipinski definition) is 1. The van der Waals surface area contributed by atoms with Gasteiger partial charge in [-0.1, -0.05) is 6.07 Å². The van der Waals surface area contributed by atoms with Crippen molar-refractivity contribution < 1.29 is 9.18 Å². The molecule has 1 N–H and O–H groups in total. The topological polar surface area (TPSA) is 32.3 Å². The van der Waals surface area contributed by atoms with Crippen LogP contribution in [-0.2, 0) is 0 Å². The lowest BCUT2D eigenvalue weighted by Gasteiger charge is -2.56. The van der Waals surface area contributed by atoms with Gasteiger partial charge in [0.05, 0.1) is 4.88 Å². The predicted octanol–water partition coefficient (Wildman–Crippen LogP) is 3.95. The summed E-state index contributed by atoms with van der Waals surface area (Å²) in [6, 6.07) is 5.29. The zero-order valence-electron chi connectivity index (χ0n) is 14.4. The van der Waals surface area contributed by atoms with E-state index in [9.17, 15) is 9.18 Å². The highest BCUT2D eigenvalue weighted by Crippen LogP contribution is 2.39. The monoisotopic (exact) mass is 346 g/mol. The number of aryl methyl sites for hydroxylation is 1. The average Bonchev–Trinajstić information content (AvgIpc) is 3.00. The maximum absolute atomic E-state index is 13.7. The quantitative estimate of drug-likeness (QED) is 0.893. The molecule has 0 radical (unpaired) electrons. The molecule has 2 bridgehead atoms. The molecule has 3 aliphatic rings. The summed E-state index contributed by atoms with van der Waals surface area (Å²) >= 11 is 1.39. The van der Waals surface area contributed by atoms with Gasteiger partial charge in [-0.25, -0.2) is 4.39 Å². The first-order chi connectivity index (χ1) is 11.4. The number of carbonyl (C=O) groups excluding carboxylic acids is 1. The number of halogens is 1. The Kier molecular flexibility index (Phi) is 3.69. The van der Waals surface area contributed by atoms with Crippen molar-refractivity contribution >= 4 is 27.3 Å². The highest BCUT2D eigenvalue weighted by atomic mass is 32.1. The Balaban J connectivity index is 1.61. The summed E-state index contributed by atoms with van der Waals surface area (Å²) in [5.74, 6) is 0.320. The Morgan fingerprint density at radius 1 is 1.33 bits per heavy atom. The normalized spacial score (nSPS) is 28.2. The van der Waals surface area contributed by atoms with Gasteiger partial charge in [-0.2, -0.15) is 0 Å². The molecule has 1 atom stereocenters. The van der Waals surface area contributed by atoms with Gasteiger partial charge in [0.2, 0.25) is 0 Å². The van der Waals surface area contributed by atoms with Gasteiger partial charge in [-0.15, -0.1) is 11.3 Å². The van der Waals surface area contributed by atoms with E-state index >= 15 is 0 Å². The van der Waals surface area contributed by atoms with Crippen molar-refractivity contribution in [1.82, 2.24) is 10.2 Å². The molecule has 1 amide bonds. The molecule has 4 heterocycles. The third-order valence-corrected chi connectivity index (χ3v) is 7.24. The van der Waals surface area contributed by atoms with E-state index < -0.39 is 0 Å². The Hall–Kier alpha value is -1.46. The van der Waals surface area contributed by atoms with E-state index in [0.29, 0.717) is 16.4 Å². The van der Waals surface area contributed by atoms with E-state index in [1.165, 1.54) is 17.4 Å². The van der Waals surface area contributed by atoms with Crippen LogP contribution >= 0.6 is 11.3 Å². The van der Waals surface area contributed by atoms with Gasteiger partial charge < -0.3 is 5.32 Å². The molecule has 5 heteroatoms. The van der Waals surface area contributed by atoms with Crippen LogP contribution in [0.3, 0.4) is 0 Å². The van der Waals surface area contributed by atoms with E-state index in [4.69, 9.17) is 0 Å². The van der Waals surface area contributed by atoms with Gasteiger partial charge in [-0.3, -0.25) is 9.69 Å². The fourth-order valence-corrected chi connectivity index (χ4v) is 5.47. The van der Waals surface area contributed by atoms with Gasteiger partial charge >= 0.3 is 0 Å². The summed E-state index contributed by atoms with van der Waals surface area (Å²) in [7, 11) is 0. The second-order valence-electron chi connectivity index (χ2n) is 7.63. The van der Waals surface area contributed by atoms with Gasteiger partial charge in [0.1, 0.15) is 5.82 Å². The molecule has 1 aromatic heterocycles. The summed E-state index contributed by atoms with van der Waals surface area (Å²) in [5.41, 5.74) is 0.620. The molecule has 0 saturated carbocycles. The van der Waals surface area contributed by atoms with E-state index in [0.717, 1.165) is 36.0 Å². The number of rotatable bonds is 2. The summed E-state index contributed by atoms with van der Waals surface area (Å²) in [5, 5.41) is 4.23. The number of amides is 1. The zero-order chi connectivity index (χ0) is 17.1. The van der Waals surface area contributed by atoms with Crippen LogP contribution in [0.5, 0.6) is 0 Å². The van der Waals surface area contributed by atoms with Crippen LogP contribution in [0.4, 0.5) is 4.39 Å². The number of nitrogens with one attached hydrogen (secondary N) is 1. The van der Waals surface area contributed by atoms with E-state index in [1.807, 2.05) is 6.07 Å². The second-order valence-corrected chi connectivity index (χ2v) is 8.68. The largest absolute Gasteiger partial charge is 0.346 e. The molecule has 24 heavy (non-hydrogen) atoms. The van der Waals surface area contributed by atoms with E-state index in [-0.39, 0.29) is 23.3 Å². The predicted molar refractivity (Wildman–Crippen MR) is 96.2 cm³/mol. The number of nitrogens with zero attached hydrogens (tertiary/aromatic N) is 1. The van der Waals surface area contributed by atoms with Crippen molar-refractivity contribution in [3.05, 3.63) is 34.5 Å². The maximum Gasteiger partial charge on any atom is 0.261 e. The lowest BCUT2D eigenvalue weighted by molar-refractivity contribution is -0.0377. The smallest absolute Gasteiger partial charge is 0.261 e. The third-order valence-electron chi connectivity index (χ3n) is 5.97. The van der Waals surface area contributed by atoms with Crippen molar-refractivity contribution in [3.63, 3.8) is 0 Å². The first-order valence-corrected chi connectivity index (χ1v) is 9.44. The third kappa shape index (κ3) is 2.37. The number of benzene rings is 1. The van der Waals surface area contributed by atoms with E-state index in [1.54, 1.807) is 13.0 Å². The molecule has 3 aliphatic heterocycles. The Bertz CT molecular complexity index is 805. The van der Waals surface area contributed by atoms with Crippen LogP contribution in [-0.4, -0.2) is 35.5 Å². The summed E-state index contributed by atoms with van der Waals surface area (Å²) in [6.07, 6.45) is 2.32. The minimum atomic E-state index is -0.213. The highest BCUT2D eigenvalue weighted by molar-refractivity contribution is 7.21. The molecular formula is C19H23FN2OS. The summed E-state index contributed by atoms with van der Waals surface area (Å²) in [4.78, 5) is 16.0. The summed E-state index contributed by atoms with van der Waals surface area (Å²) < 4.78 is 14.6. The zero-order valence-corrected chi connectivity index (χ0v) is 15.2. The minimum Gasteiger partial charge on any atom is -0.346 e. The Morgan fingerprint density at radius 2 is 2.04 bits per heavy atom. The first-order valence-electron chi connectivity index (χ1n) is 8.62. The molecule has 1 aromatic carbocycles. The fourth-order valence-electron chi connectivity index (χ4n) is 4.42. The van der Waals surface area contributed by atoms with Crippen LogP contribution in [0.1, 0.15) is 41.9 Å². The lowest BCUT2D eigenvalue weighted by Crippen LogP contribution is -2.69. The minimum absolute atomic E-state index is 0.00443.